The van der Waals surface area contributed by atoms with Crippen molar-refractivity contribution in [2.24, 2.45) is 0 Å². The maximum atomic E-state index is 12.4. The standard InChI is InChI=1S/C16H23N5OS/c1-5-7-14-19-20-16(21(14)17)23-12(4)15(22)18-13-9-6-8-10(2)11(13)3/h6,8-9,12H,5,7,17H2,1-4H3,(H,18,22). The molecule has 0 bridgehead atoms. The summed E-state index contributed by atoms with van der Waals surface area (Å²) >= 11 is 1.31. The van der Waals surface area contributed by atoms with E-state index in [1.54, 1.807) is 0 Å². The third kappa shape index (κ3) is 4.04. The zero-order chi connectivity index (χ0) is 17.0. The number of anilines is 1. The molecule has 0 aliphatic heterocycles. The first-order valence-electron chi connectivity index (χ1n) is 7.67. The molecule has 2 rings (SSSR count). The van der Waals surface area contributed by atoms with Crippen LogP contribution in [-0.2, 0) is 11.2 Å². The van der Waals surface area contributed by atoms with Gasteiger partial charge >= 0.3 is 0 Å². The van der Waals surface area contributed by atoms with Gasteiger partial charge in [-0.1, -0.05) is 30.8 Å². The summed E-state index contributed by atoms with van der Waals surface area (Å²) in [6.07, 6.45) is 1.72. The van der Waals surface area contributed by atoms with Crippen LogP contribution < -0.4 is 11.2 Å². The fraction of sp³-hybridized carbons (Fsp3) is 0.438. The van der Waals surface area contributed by atoms with E-state index in [0.29, 0.717) is 5.16 Å². The Morgan fingerprint density at radius 3 is 2.83 bits per heavy atom. The molecule has 6 nitrogen and oxygen atoms in total. The van der Waals surface area contributed by atoms with Gasteiger partial charge in [0.1, 0.15) is 0 Å². The van der Waals surface area contributed by atoms with Gasteiger partial charge < -0.3 is 11.2 Å². The van der Waals surface area contributed by atoms with Crippen molar-refractivity contribution in [3.8, 4) is 0 Å². The van der Waals surface area contributed by atoms with Gasteiger partial charge in [0, 0.05) is 12.1 Å². The van der Waals surface area contributed by atoms with E-state index in [9.17, 15) is 4.79 Å². The number of nitrogens with one attached hydrogen (secondary N) is 1. The van der Waals surface area contributed by atoms with Crippen LogP contribution in [0.2, 0.25) is 0 Å². The van der Waals surface area contributed by atoms with Crippen LogP contribution >= 0.6 is 11.8 Å². The Morgan fingerprint density at radius 1 is 1.39 bits per heavy atom. The van der Waals surface area contributed by atoms with Crippen molar-refractivity contribution in [3.05, 3.63) is 35.2 Å². The predicted molar refractivity (Wildman–Crippen MR) is 94.0 cm³/mol. The molecule has 0 aliphatic carbocycles. The summed E-state index contributed by atoms with van der Waals surface area (Å²) in [6.45, 7) is 7.91. The molecule has 124 valence electrons. The van der Waals surface area contributed by atoms with Gasteiger partial charge in [0.05, 0.1) is 5.25 Å². The number of nitrogen functional groups attached to an aromatic ring is 1. The number of hydrogen-bond acceptors (Lipinski definition) is 5. The molecule has 1 heterocycles. The van der Waals surface area contributed by atoms with E-state index in [0.717, 1.165) is 35.5 Å². The van der Waals surface area contributed by atoms with E-state index < -0.39 is 0 Å². The van der Waals surface area contributed by atoms with Crippen LogP contribution in [-0.4, -0.2) is 26.0 Å². The second kappa shape index (κ2) is 7.50. The summed E-state index contributed by atoms with van der Waals surface area (Å²) in [4.78, 5) is 12.4. The van der Waals surface area contributed by atoms with E-state index in [1.807, 2.05) is 39.0 Å². The van der Waals surface area contributed by atoms with Crippen molar-refractivity contribution >= 4 is 23.4 Å². The summed E-state index contributed by atoms with van der Waals surface area (Å²) in [5.74, 6) is 6.63. The lowest BCUT2D eigenvalue weighted by Gasteiger charge is -2.14. The Labute approximate surface area is 140 Å². The minimum atomic E-state index is -0.323. The highest BCUT2D eigenvalue weighted by atomic mass is 32.2. The Kier molecular flexibility index (Phi) is 5.65. The number of aryl methyl sites for hydroxylation is 2. The quantitative estimate of drug-likeness (QED) is 0.627. The largest absolute Gasteiger partial charge is 0.336 e. The Balaban J connectivity index is 2.04. The fourth-order valence-corrected chi connectivity index (χ4v) is 2.90. The first kappa shape index (κ1) is 17.3. The molecular weight excluding hydrogens is 310 g/mol. The lowest BCUT2D eigenvalue weighted by Crippen LogP contribution is -2.24. The average molecular weight is 333 g/mol. The van der Waals surface area contributed by atoms with Gasteiger partial charge in [-0.25, -0.2) is 4.68 Å². The van der Waals surface area contributed by atoms with E-state index in [1.165, 1.54) is 16.4 Å². The molecule has 0 spiro atoms. The monoisotopic (exact) mass is 333 g/mol. The highest BCUT2D eigenvalue weighted by molar-refractivity contribution is 8.00. The van der Waals surface area contributed by atoms with Crippen molar-refractivity contribution in [1.29, 1.82) is 0 Å². The topological polar surface area (TPSA) is 85.8 Å². The zero-order valence-corrected chi connectivity index (χ0v) is 14.8. The van der Waals surface area contributed by atoms with Crippen molar-refractivity contribution in [1.82, 2.24) is 14.9 Å². The predicted octanol–water partition coefficient (Wildman–Crippen LogP) is 2.68. The van der Waals surface area contributed by atoms with E-state index in [4.69, 9.17) is 5.84 Å². The summed E-state index contributed by atoms with van der Waals surface area (Å²) in [5, 5.41) is 11.3. The summed E-state index contributed by atoms with van der Waals surface area (Å²) in [7, 11) is 0. The Morgan fingerprint density at radius 2 is 2.13 bits per heavy atom. The average Bonchev–Trinajstić information content (AvgIpc) is 2.85. The van der Waals surface area contributed by atoms with Crippen LogP contribution in [0.3, 0.4) is 0 Å². The molecule has 1 unspecified atom stereocenters. The maximum absolute atomic E-state index is 12.4. The number of thioether (sulfide) groups is 1. The van der Waals surface area contributed by atoms with Crippen LogP contribution in [0.15, 0.2) is 23.4 Å². The molecule has 0 fully saturated rings. The molecule has 23 heavy (non-hydrogen) atoms. The smallest absolute Gasteiger partial charge is 0.237 e. The minimum Gasteiger partial charge on any atom is -0.336 e. The number of rotatable bonds is 6. The van der Waals surface area contributed by atoms with Crippen molar-refractivity contribution < 1.29 is 4.79 Å². The lowest BCUT2D eigenvalue weighted by molar-refractivity contribution is -0.115. The number of carbonyl (C=O) groups excluding carboxylic acids is 1. The molecule has 7 heteroatoms. The molecular formula is C16H23N5OS. The third-order valence-electron chi connectivity index (χ3n) is 3.72. The Bertz CT molecular complexity index is 698. The van der Waals surface area contributed by atoms with Crippen LogP contribution in [0.4, 0.5) is 5.69 Å². The van der Waals surface area contributed by atoms with Crippen molar-refractivity contribution in [2.75, 3.05) is 11.2 Å². The normalized spacial score (nSPS) is 12.2. The summed E-state index contributed by atoms with van der Waals surface area (Å²) in [6, 6.07) is 5.86. The molecule has 1 aromatic heterocycles. The van der Waals surface area contributed by atoms with E-state index in [2.05, 4.69) is 22.4 Å². The molecule has 1 atom stereocenters. The SMILES string of the molecule is CCCc1nnc(SC(C)C(=O)Nc2cccc(C)c2C)n1N. The Hall–Kier alpha value is -2.02. The number of amides is 1. The molecule has 1 aromatic carbocycles. The molecule has 0 radical (unpaired) electrons. The van der Waals surface area contributed by atoms with Gasteiger partial charge in [0.15, 0.2) is 5.82 Å². The molecule has 0 saturated carbocycles. The second-order valence-electron chi connectivity index (χ2n) is 5.52. The van der Waals surface area contributed by atoms with Crippen molar-refractivity contribution in [2.45, 2.75) is 50.9 Å². The lowest BCUT2D eigenvalue weighted by atomic mass is 10.1. The number of nitrogens with zero attached hydrogens (tertiary/aromatic N) is 3. The molecule has 0 aliphatic rings. The van der Waals surface area contributed by atoms with Gasteiger partial charge in [-0.15, -0.1) is 10.2 Å². The minimum absolute atomic E-state index is 0.0799. The summed E-state index contributed by atoms with van der Waals surface area (Å²) in [5.41, 5.74) is 3.06. The zero-order valence-electron chi connectivity index (χ0n) is 14.0. The highest BCUT2D eigenvalue weighted by Crippen LogP contribution is 2.24. The molecule has 0 saturated heterocycles. The van der Waals surface area contributed by atoms with Gasteiger partial charge in [-0.05, 0) is 44.4 Å². The van der Waals surface area contributed by atoms with Gasteiger partial charge in [0.2, 0.25) is 11.1 Å². The van der Waals surface area contributed by atoms with Gasteiger partial charge in [-0.3, -0.25) is 4.79 Å². The van der Waals surface area contributed by atoms with Gasteiger partial charge in [0.25, 0.3) is 0 Å². The van der Waals surface area contributed by atoms with Crippen molar-refractivity contribution in [3.63, 3.8) is 0 Å². The van der Waals surface area contributed by atoms with Crippen LogP contribution in [0.25, 0.3) is 0 Å². The highest BCUT2D eigenvalue weighted by Gasteiger charge is 2.19. The first-order chi connectivity index (χ1) is 10.9. The first-order valence-corrected chi connectivity index (χ1v) is 8.55. The van der Waals surface area contributed by atoms with E-state index in [-0.39, 0.29) is 11.2 Å². The van der Waals surface area contributed by atoms with Crippen LogP contribution in [0.5, 0.6) is 0 Å². The van der Waals surface area contributed by atoms with Gasteiger partial charge in [-0.2, -0.15) is 0 Å². The summed E-state index contributed by atoms with van der Waals surface area (Å²) < 4.78 is 1.47. The molecule has 1 amide bonds. The third-order valence-corrected chi connectivity index (χ3v) is 4.78. The number of hydrogen-bond donors (Lipinski definition) is 2. The number of aromatic nitrogens is 3. The van der Waals surface area contributed by atoms with Crippen LogP contribution in [0.1, 0.15) is 37.2 Å². The molecule has 2 aromatic rings. The van der Waals surface area contributed by atoms with Crippen LogP contribution in [0, 0.1) is 13.8 Å². The van der Waals surface area contributed by atoms with E-state index >= 15 is 0 Å². The molecule has 3 N–H and O–H groups in total. The number of nitrogens with two attached hydrogens (primary N) is 1. The second-order valence-corrected chi connectivity index (χ2v) is 6.82. The fourth-order valence-electron chi connectivity index (χ4n) is 2.11. The number of carbonyl (C=O) groups is 1. The maximum Gasteiger partial charge on any atom is 0.237 e. The number of benzene rings is 1.